The molecule has 0 spiro atoms. The van der Waals surface area contributed by atoms with Crippen molar-refractivity contribution < 1.29 is 18.3 Å². The average molecular weight is 362 g/mol. The van der Waals surface area contributed by atoms with Crippen LogP contribution in [0.3, 0.4) is 0 Å². The summed E-state index contributed by atoms with van der Waals surface area (Å²) in [5.74, 6) is -1.72. The van der Waals surface area contributed by atoms with Crippen molar-refractivity contribution in [3.63, 3.8) is 0 Å². The Labute approximate surface area is 152 Å². The summed E-state index contributed by atoms with van der Waals surface area (Å²) in [6.07, 6.45) is 0.931. The molecule has 2 aliphatic heterocycles. The molecule has 1 N–H and O–H groups in total. The first-order valence-corrected chi connectivity index (χ1v) is 9.16. The van der Waals surface area contributed by atoms with Crippen LogP contribution < -0.4 is 0 Å². The number of piperidine rings is 1. The number of β-amino-alcohol motifs (C(OH)–C–C–N with tert-alkyl or cyclic N) is 1. The number of aliphatic hydroxyl groups excluding tert-OH is 1. The Balaban J connectivity index is 1.43. The van der Waals surface area contributed by atoms with Crippen LogP contribution in [-0.2, 0) is 6.54 Å². The summed E-state index contributed by atoms with van der Waals surface area (Å²) in [4.78, 5) is 4.23. The number of likely N-dealkylation sites (tertiary alicyclic amines) is 2. The van der Waals surface area contributed by atoms with Crippen LogP contribution in [0.25, 0.3) is 11.3 Å². The van der Waals surface area contributed by atoms with Crippen LogP contribution in [-0.4, -0.2) is 59.2 Å². The van der Waals surface area contributed by atoms with Crippen LogP contribution in [0.4, 0.5) is 8.78 Å². The Morgan fingerprint density at radius 3 is 2.58 bits per heavy atom. The monoisotopic (exact) mass is 362 g/mol. The molecule has 6 heteroatoms. The van der Waals surface area contributed by atoms with Crippen molar-refractivity contribution in [1.82, 2.24) is 9.80 Å². The van der Waals surface area contributed by atoms with Crippen molar-refractivity contribution >= 4 is 0 Å². The van der Waals surface area contributed by atoms with Crippen LogP contribution in [0.15, 0.2) is 47.1 Å². The second kappa shape index (κ2) is 7.10. The van der Waals surface area contributed by atoms with Crippen molar-refractivity contribution in [2.75, 3.05) is 26.2 Å². The highest BCUT2D eigenvalue weighted by atomic mass is 19.3. The Bertz CT molecular complexity index is 725. The van der Waals surface area contributed by atoms with E-state index in [9.17, 15) is 13.9 Å². The molecule has 4 nitrogen and oxygen atoms in total. The smallest absolute Gasteiger partial charge is 0.250 e. The summed E-state index contributed by atoms with van der Waals surface area (Å²) < 4.78 is 32.3. The zero-order chi connectivity index (χ0) is 18.1. The third-order valence-corrected chi connectivity index (χ3v) is 5.53. The largest absolute Gasteiger partial charge is 0.464 e. The number of rotatable bonds is 4. The van der Waals surface area contributed by atoms with E-state index >= 15 is 0 Å². The maximum atomic E-state index is 13.4. The van der Waals surface area contributed by atoms with E-state index in [1.165, 1.54) is 0 Å². The molecule has 0 amide bonds. The predicted octanol–water partition coefficient (Wildman–Crippen LogP) is 3.22. The van der Waals surface area contributed by atoms with Gasteiger partial charge in [-0.2, -0.15) is 0 Å². The van der Waals surface area contributed by atoms with Gasteiger partial charge in [0.1, 0.15) is 5.76 Å². The standard InChI is InChI=1S/C20H24F2N2O2/c21-20(22)7-9-24(10-8-20)17-13-23(14-18(17)25)12-15-4-1-2-5-16(15)19-6-3-11-26-19/h1-6,11,17-18,25H,7-10,12-14H2/t17-,18-/m1/s1. The van der Waals surface area contributed by atoms with Crippen LogP contribution in [0, 0.1) is 0 Å². The number of alkyl halides is 2. The van der Waals surface area contributed by atoms with E-state index in [0.717, 1.165) is 16.9 Å². The second-order valence-electron chi connectivity index (χ2n) is 7.36. The van der Waals surface area contributed by atoms with Gasteiger partial charge in [-0.1, -0.05) is 24.3 Å². The second-order valence-corrected chi connectivity index (χ2v) is 7.36. The van der Waals surface area contributed by atoms with E-state index in [-0.39, 0.29) is 18.9 Å². The molecule has 0 unspecified atom stereocenters. The Morgan fingerprint density at radius 1 is 1.08 bits per heavy atom. The molecule has 140 valence electrons. The lowest BCUT2D eigenvalue weighted by molar-refractivity contribution is -0.0698. The van der Waals surface area contributed by atoms with E-state index in [2.05, 4.69) is 11.0 Å². The Kier molecular flexibility index (Phi) is 4.82. The van der Waals surface area contributed by atoms with Gasteiger partial charge in [0.15, 0.2) is 0 Å². The van der Waals surface area contributed by atoms with Gasteiger partial charge in [0.2, 0.25) is 0 Å². The quantitative estimate of drug-likeness (QED) is 0.907. The topological polar surface area (TPSA) is 39.9 Å². The van der Waals surface area contributed by atoms with Gasteiger partial charge in [-0.05, 0) is 17.7 Å². The van der Waals surface area contributed by atoms with Gasteiger partial charge in [0.25, 0.3) is 5.92 Å². The molecule has 4 rings (SSSR count). The zero-order valence-corrected chi connectivity index (χ0v) is 14.7. The highest BCUT2D eigenvalue weighted by Gasteiger charge is 2.41. The van der Waals surface area contributed by atoms with E-state index < -0.39 is 12.0 Å². The fourth-order valence-corrected chi connectivity index (χ4v) is 4.09. The highest BCUT2D eigenvalue weighted by Crippen LogP contribution is 2.31. The summed E-state index contributed by atoms with van der Waals surface area (Å²) in [5, 5.41) is 10.5. The molecule has 0 bridgehead atoms. The van der Waals surface area contributed by atoms with E-state index in [1.807, 2.05) is 35.2 Å². The normalized spacial score (nSPS) is 27.0. The number of hydrogen-bond donors (Lipinski definition) is 1. The van der Waals surface area contributed by atoms with Gasteiger partial charge in [0, 0.05) is 57.2 Å². The first kappa shape index (κ1) is 17.6. The van der Waals surface area contributed by atoms with Crippen LogP contribution in [0.2, 0.25) is 0 Å². The van der Waals surface area contributed by atoms with Crippen molar-refractivity contribution in [3.05, 3.63) is 48.2 Å². The minimum Gasteiger partial charge on any atom is -0.464 e. The molecule has 0 saturated carbocycles. The minimum absolute atomic E-state index is 0.0677. The van der Waals surface area contributed by atoms with Crippen molar-refractivity contribution in [1.29, 1.82) is 0 Å². The molecule has 26 heavy (non-hydrogen) atoms. The van der Waals surface area contributed by atoms with Gasteiger partial charge in [-0.3, -0.25) is 9.80 Å². The Hall–Kier alpha value is -1.76. The number of hydrogen-bond acceptors (Lipinski definition) is 4. The first-order chi connectivity index (χ1) is 12.5. The fourth-order valence-electron chi connectivity index (χ4n) is 4.09. The number of furan rings is 1. The predicted molar refractivity (Wildman–Crippen MR) is 95.0 cm³/mol. The van der Waals surface area contributed by atoms with Gasteiger partial charge >= 0.3 is 0 Å². The molecule has 2 aliphatic rings. The molecule has 2 fully saturated rings. The van der Waals surface area contributed by atoms with E-state index in [1.54, 1.807) is 6.26 Å². The zero-order valence-electron chi connectivity index (χ0n) is 14.7. The van der Waals surface area contributed by atoms with Gasteiger partial charge in [0.05, 0.1) is 12.4 Å². The van der Waals surface area contributed by atoms with Crippen molar-refractivity contribution in [2.45, 2.75) is 37.5 Å². The SMILES string of the molecule is O[C@@H]1CN(Cc2ccccc2-c2ccco2)C[C@H]1N1CCC(F)(F)CC1. The molecule has 3 heterocycles. The van der Waals surface area contributed by atoms with Gasteiger partial charge in [-0.15, -0.1) is 0 Å². The summed E-state index contributed by atoms with van der Waals surface area (Å²) in [5.41, 5.74) is 2.19. The number of halogens is 2. The number of aliphatic hydroxyl groups is 1. The van der Waals surface area contributed by atoms with E-state index in [4.69, 9.17) is 4.42 Å². The molecule has 2 atom stereocenters. The third kappa shape index (κ3) is 3.68. The Morgan fingerprint density at radius 2 is 1.85 bits per heavy atom. The summed E-state index contributed by atoms with van der Waals surface area (Å²) in [6, 6.07) is 11.8. The molecule has 1 aromatic heterocycles. The van der Waals surface area contributed by atoms with Crippen molar-refractivity contribution in [3.8, 4) is 11.3 Å². The fraction of sp³-hybridized carbons (Fsp3) is 0.500. The lowest BCUT2D eigenvalue weighted by atomic mass is 10.0. The van der Waals surface area contributed by atoms with E-state index in [0.29, 0.717) is 32.7 Å². The summed E-state index contributed by atoms with van der Waals surface area (Å²) >= 11 is 0. The summed E-state index contributed by atoms with van der Waals surface area (Å²) in [7, 11) is 0. The van der Waals surface area contributed by atoms with Crippen molar-refractivity contribution in [2.24, 2.45) is 0 Å². The van der Waals surface area contributed by atoms with Crippen LogP contribution in [0.1, 0.15) is 18.4 Å². The molecule has 0 aliphatic carbocycles. The molecule has 2 saturated heterocycles. The summed E-state index contributed by atoms with van der Waals surface area (Å²) in [6.45, 7) is 2.66. The molecule has 1 aromatic carbocycles. The number of nitrogens with zero attached hydrogens (tertiary/aromatic N) is 2. The minimum atomic E-state index is -2.55. The maximum absolute atomic E-state index is 13.4. The average Bonchev–Trinajstić information content (AvgIpc) is 3.26. The van der Waals surface area contributed by atoms with Gasteiger partial charge < -0.3 is 9.52 Å². The third-order valence-electron chi connectivity index (χ3n) is 5.53. The molecule has 2 aromatic rings. The molecule has 0 radical (unpaired) electrons. The van der Waals surface area contributed by atoms with Crippen LogP contribution >= 0.6 is 0 Å². The van der Waals surface area contributed by atoms with Crippen LogP contribution in [0.5, 0.6) is 0 Å². The lowest BCUT2D eigenvalue weighted by Gasteiger charge is -2.36. The van der Waals surface area contributed by atoms with Gasteiger partial charge in [-0.25, -0.2) is 8.78 Å². The number of benzene rings is 1. The first-order valence-electron chi connectivity index (χ1n) is 9.16. The highest BCUT2D eigenvalue weighted by molar-refractivity contribution is 5.61. The molecular weight excluding hydrogens is 338 g/mol. The maximum Gasteiger partial charge on any atom is 0.250 e. The molecular formula is C20H24F2N2O2. The lowest BCUT2D eigenvalue weighted by Crippen LogP contribution is -2.49.